The van der Waals surface area contributed by atoms with E-state index in [2.05, 4.69) is 15.5 Å². The van der Waals surface area contributed by atoms with Gasteiger partial charge in [0.25, 0.3) is 0 Å². The molecule has 9 heteroatoms. The second-order valence-corrected chi connectivity index (χ2v) is 10.7. The molecule has 0 bridgehead atoms. The highest BCUT2D eigenvalue weighted by atomic mass is 19.4. The molecule has 0 aliphatic heterocycles. The monoisotopic (exact) mass is 583 g/mol. The number of aromatic nitrogens is 2. The summed E-state index contributed by atoms with van der Waals surface area (Å²) in [5, 5.41) is 7.42. The maximum absolute atomic E-state index is 13.2. The van der Waals surface area contributed by atoms with Gasteiger partial charge in [-0.25, -0.2) is 0 Å². The van der Waals surface area contributed by atoms with Gasteiger partial charge in [-0.1, -0.05) is 65.8 Å². The summed E-state index contributed by atoms with van der Waals surface area (Å²) in [7, 11) is 0. The zero-order valence-electron chi connectivity index (χ0n) is 23.5. The highest BCUT2D eigenvalue weighted by Gasteiger charge is 2.32. The quantitative estimate of drug-likeness (QED) is 0.184. The van der Waals surface area contributed by atoms with E-state index in [1.165, 1.54) is 12.3 Å². The van der Waals surface area contributed by atoms with Crippen molar-refractivity contribution in [3.63, 3.8) is 0 Å². The summed E-state index contributed by atoms with van der Waals surface area (Å²) in [5.74, 6) is 0.467. The number of esters is 1. The summed E-state index contributed by atoms with van der Waals surface area (Å²) in [6, 6.07) is 22.7. The Labute approximate surface area is 246 Å². The van der Waals surface area contributed by atoms with Crippen LogP contribution < -0.4 is 5.32 Å². The molecule has 0 spiro atoms. The molecule has 43 heavy (non-hydrogen) atoms. The molecular formula is C34H28F3N3O3. The maximum atomic E-state index is 13.2. The SMILES string of the molecule is Cc1noc(-c2ccc(-c3ccc(C(C)OC(=O)C4CC4)cc3)cc2)c1Nc1cncc(-c2cccc(C(F)(F)F)c2)c1. The molecule has 1 aliphatic carbocycles. The van der Waals surface area contributed by atoms with Crippen LogP contribution in [0.4, 0.5) is 24.5 Å². The van der Waals surface area contributed by atoms with E-state index in [-0.39, 0.29) is 18.0 Å². The first kappa shape index (κ1) is 28.2. The van der Waals surface area contributed by atoms with E-state index in [9.17, 15) is 18.0 Å². The Bertz CT molecular complexity index is 1760. The zero-order chi connectivity index (χ0) is 30.1. The lowest BCUT2D eigenvalue weighted by Crippen LogP contribution is -2.10. The van der Waals surface area contributed by atoms with Crippen LogP contribution in [0.3, 0.4) is 0 Å². The van der Waals surface area contributed by atoms with Crippen LogP contribution in [0.5, 0.6) is 0 Å². The van der Waals surface area contributed by atoms with Gasteiger partial charge >= 0.3 is 12.1 Å². The molecule has 1 saturated carbocycles. The Hall–Kier alpha value is -4.92. The first-order valence-electron chi connectivity index (χ1n) is 13.9. The van der Waals surface area contributed by atoms with E-state index in [1.807, 2.05) is 55.5 Å². The van der Waals surface area contributed by atoms with Gasteiger partial charge < -0.3 is 14.6 Å². The minimum absolute atomic E-state index is 0.0652. The van der Waals surface area contributed by atoms with Gasteiger partial charge in [0.15, 0.2) is 5.76 Å². The average molecular weight is 584 g/mol. The summed E-state index contributed by atoms with van der Waals surface area (Å²) in [6.07, 6.45) is 0.212. The van der Waals surface area contributed by atoms with Crippen LogP contribution in [0.1, 0.15) is 42.7 Å². The number of benzene rings is 3. The number of carbonyl (C=O) groups excluding carboxylic acids is 1. The predicted octanol–water partition coefficient (Wildman–Crippen LogP) is 9.16. The summed E-state index contributed by atoms with van der Waals surface area (Å²) < 4.78 is 50.9. The fourth-order valence-electron chi connectivity index (χ4n) is 4.82. The van der Waals surface area contributed by atoms with Gasteiger partial charge in [-0.15, -0.1) is 0 Å². The number of carbonyl (C=O) groups is 1. The predicted molar refractivity (Wildman–Crippen MR) is 157 cm³/mol. The fraction of sp³-hybridized carbons (Fsp3) is 0.206. The van der Waals surface area contributed by atoms with E-state index >= 15 is 0 Å². The lowest BCUT2D eigenvalue weighted by atomic mass is 10.00. The molecule has 0 saturated heterocycles. The number of alkyl halides is 3. The number of nitrogens with one attached hydrogen (secondary N) is 1. The number of ether oxygens (including phenoxy) is 1. The number of aryl methyl sites for hydroxylation is 1. The smallest absolute Gasteiger partial charge is 0.416 e. The van der Waals surface area contributed by atoms with Gasteiger partial charge in [0, 0.05) is 17.3 Å². The van der Waals surface area contributed by atoms with E-state index in [0.29, 0.717) is 34.0 Å². The molecular weight excluding hydrogens is 555 g/mol. The van der Waals surface area contributed by atoms with Crippen molar-refractivity contribution >= 4 is 17.3 Å². The lowest BCUT2D eigenvalue weighted by Gasteiger charge is -2.14. The van der Waals surface area contributed by atoms with E-state index < -0.39 is 11.7 Å². The first-order valence-corrected chi connectivity index (χ1v) is 13.9. The highest BCUT2D eigenvalue weighted by molar-refractivity contribution is 5.81. The normalized spacial score (nSPS) is 13.9. The first-order chi connectivity index (χ1) is 20.7. The number of halogens is 3. The molecule has 1 atom stereocenters. The third kappa shape index (κ3) is 6.30. The van der Waals surface area contributed by atoms with Crippen molar-refractivity contribution in [3.05, 3.63) is 108 Å². The van der Waals surface area contributed by atoms with Gasteiger partial charge in [0.2, 0.25) is 0 Å². The van der Waals surface area contributed by atoms with Gasteiger partial charge in [-0.2, -0.15) is 13.2 Å². The standard InChI is InChI=1S/C34H28F3N3O3/c1-20-31(39-30-17-28(18-38-19-30)27-4-3-5-29(16-27)34(35,36)37)32(43-40-20)25-12-10-24(11-13-25)23-8-6-22(7-9-23)21(2)42-33(41)26-14-15-26/h3-13,16-19,21,26,39H,14-15H2,1-2H3. The average Bonchev–Trinajstić information content (AvgIpc) is 3.81. The van der Waals surface area contributed by atoms with Crippen LogP contribution in [0.2, 0.25) is 0 Å². The van der Waals surface area contributed by atoms with Crippen LogP contribution in [-0.4, -0.2) is 16.1 Å². The number of hydrogen-bond acceptors (Lipinski definition) is 6. The molecule has 2 heterocycles. The zero-order valence-corrected chi connectivity index (χ0v) is 23.5. The Kier molecular flexibility index (Phi) is 7.48. The number of rotatable bonds is 8. The fourth-order valence-corrected chi connectivity index (χ4v) is 4.82. The van der Waals surface area contributed by atoms with Crippen molar-refractivity contribution in [1.82, 2.24) is 10.1 Å². The largest absolute Gasteiger partial charge is 0.458 e. The molecule has 1 fully saturated rings. The summed E-state index contributed by atoms with van der Waals surface area (Å²) in [4.78, 5) is 16.2. The molecule has 5 aromatic rings. The van der Waals surface area contributed by atoms with E-state index in [1.54, 1.807) is 25.3 Å². The molecule has 0 radical (unpaired) electrons. The molecule has 1 aliphatic rings. The highest BCUT2D eigenvalue weighted by Crippen LogP contribution is 2.37. The molecule has 3 aromatic carbocycles. The van der Waals surface area contributed by atoms with Crippen molar-refractivity contribution in [2.75, 3.05) is 5.32 Å². The van der Waals surface area contributed by atoms with Crippen LogP contribution in [-0.2, 0) is 15.7 Å². The second kappa shape index (κ2) is 11.4. The minimum atomic E-state index is -4.43. The topological polar surface area (TPSA) is 77.2 Å². The molecule has 0 amide bonds. The Morgan fingerprint density at radius 3 is 2.26 bits per heavy atom. The molecule has 1 N–H and O–H groups in total. The van der Waals surface area contributed by atoms with Gasteiger partial charge in [0.05, 0.1) is 23.4 Å². The molecule has 218 valence electrons. The van der Waals surface area contributed by atoms with Gasteiger partial charge in [-0.3, -0.25) is 9.78 Å². The molecule has 6 nitrogen and oxygen atoms in total. The van der Waals surface area contributed by atoms with Crippen LogP contribution >= 0.6 is 0 Å². The van der Waals surface area contributed by atoms with Crippen molar-refractivity contribution in [3.8, 4) is 33.6 Å². The molecule has 2 aromatic heterocycles. The number of hydrogen-bond donors (Lipinski definition) is 1. The van der Waals surface area contributed by atoms with Crippen LogP contribution in [0, 0.1) is 12.8 Å². The number of nitrogens with zero attached hydrogens (tertiary/aromatic N) is 2. The van der Waals surface area contributed by atoms with Crippen molar-refractivity contribution in [2.24, 2.45) is 5.92 Å². The second-order valence-electron chi connectivity index (χ2n) is 10.7. The Morgan fingerprint density at radius 1 is 0.907 bits per heavy atom. The van der Waals surface area contributed by atoms with Crippen molar-refractivity contribution in [2.45, 2.75) is 39.0 Å². The molecule has 1 unspecified atom stereocenters. The lowest BCUT2D eigenvalue weighted by molar-refractivity contribution is -0.150. The summed E-state index contributed by atoms with van der Waals surface area (Å²) in [5.41, 5.74) is 5.82. The van der Waals surface area contributed by atoms with Crippen molar-refractivity contribution < 1.29 is 27.2 Å². The van der Waals surface area contributed by atoms with Crippen LogP contribution in [0.25, 0.3) is 33.6 Å². The number of anilines is 2. The maximum Gasteiger partial charge on any atom is 0.416 e. The third-order valence-electron chi connectivity index (χ3n) is 7.46. The third-order valence-corrected chi connectivity index (χ3v) is 7.46. The number of pyridine rings is 1. The molecule has 6 rings (SSSR count). The van der Waals surface area contributed by atoms with E-state index in [0.717, 1.165) is 47.2 Å². The minimum Gasteiger partial charge on any atom is -0.458 e. The van der Waals surface area contributed by atoms with Crippen molar-refractivity contribution in [1.29, 1.82) is 0 Å². The summed E-state index contributed by atoms with van der Waals surface area (Å²) >= 11 is 0. The Balaban J connectivity index is 1.19. The Morgan fingerprint density at radius 2 is 1.58 bits per heavy atom. The van der Waals surface area contributed by atoms with Gasteiger partial charge in [-0.05, 0) is 67.1 Å². The summed E-state index contributed by atoms with van der Waals surface area (Å²) in [6.45, 7) is 3.69. The van der Waals surface area contributed by atoms with E-state index in [4.69, 9.17) is 9.26 Å². The van der Waals surface area contributed by atoms with Gasteiger partial charge in [0.1, 0.15) is 17.5 Å². The van der Waals surface area contributed by atoms with Crippen LogP contribution in [0.15, 0.2) is 95.8 Å².